The van der Waals surface area contributed by atoms with Crippen LogP contribution in [0, 0.1) is 11.8 Å². The Morgan fingerprint density at radius 2 is 2.00 bits per heavy atom. The van der Waals surface area contributed by atoms with Crippen LogP contribution in [0.15, 0.2) is 42.5 Å². The van der Waals surface area contributed by atoms with E-state index >= 15 is 0 Å². The van der Waals surface area contributed by atoms with Crippen LogP contribution < -0.4 is 15.5 Å². The van der Waals surface area contributed by atoms with Gasteiger partial charge >= 0.3 is 0 Å². The summed E-state index contributed by atoms with van der Waals surface area (Å²) in [6.45, 7) is 7.58. The molecular formula is C29H38ClN3O5Si. The number of ether oxygens (including phenoxy) is 1. The lowest BCUT2D eigenvalue weighted by molar-refractivity contribution is -0.146. The van der Waals surface area contributed by atoms with Crippen LogP contribution in [-0.4, -0.2) is 55.8 Å². The molecule has 2 aromatic carbocycles. The molecule has 5 rings (SSSR count). The molecule has 8 nitrogen and oxygen atoms in total. The van der Waals surface area contributed by atoms with Gasteiger partial charge in [-0.15, -0.1) is 0 Å². The Morgan fingerprint density at radius 1 is 1.26 bits per heavy atom. The van der Waals surface area contributed by atoms with Crippen molar-refractivity contribution in [2.45, 2.75) is 63.1 Å². The van der Waals surface area contributed by atoms with Crippen LogP contribution in [0.5, 0.6) is 0 Å². The number of rotatable bonds is 7. The van der Waals surface area contributed by atoms with Crippen molar-refractivity contribution in [3.05, 3.63) is 58.6 Å². The van der Waals surface area contributed by atoms with Gasteiger partial charge in [0.25, 0.3) is 5.91 Å². The van der Waals surface area contributed by atoms with E-state index in [0.29, 0.717) is 30.1 Å². The van der Waals surface area contributed by atoms with E-state index in [9.17, 15) is 19.5 Å². The smallest absolute Gasteiger partial charge is 0.264 e. The molecule has 2 saturated heterocycles. The summed E-state index contributed by atoms with van der Waals surface area (Å²) < 4.78 is 6.60. The maximum atomic E-state index is 14.3. The summed E-state index contributed by atoms with van der Waals surface area (Å²) in [4.78, 5) is 39.8. The van der Waals surface area contributed by atoms with Crippen LogP contribution in [0.2, 0.25) is 23.7 Å². The van der Waals surface area contributed by atoms with Gasteiger partial charge in [0.05, 0.1) is 24.3 Å². The Bertz CT molecular complexity index is 1230. The molecule has 0 radical (unpaired) electrons. The average Bonchev–Trinajstić information content (AvgIpc) is 3.32. The summed E-state index contributed by atoms with van der Waals surface area (Å²) >= 11 is 6.42. The lowest BCUT2D eigenvalue weighted by Crippen LogP contribution is -2.46. The number of hydrogen-bond acceptors (Lipinski definition) is 6. The zero-order valence-electron chi connectivity index (χ0n) is 22.7. The summed E-state index contributed by atoms with van der Waals surface area (Å²) in [5.74, 6) is -0.494. The van der Waals surface area contributed by atoms with Gasteiger partial charge in [-0.3, -0.25) is 9.59 Å². The Balaban J connectivity index is 1.41. The standard InChI is InChI=1S/C29H38ClN3O5Si/c1-18-26(39(2,3)37)25(12-14-34)38-29(18)23-15-21(30)8-11-24(23)33(28(29)36)17-19-6-9-22(10-7-19)32-27(35)20-5-4-13-31-16-20/h6-11,15,18,20,25-26,31,34,37H,4-5,12-14,16-17H2,1-3H3,(H,32,35)/t18-,20?,25+,26-,29+/m1/s1. The van der Waals surface area contributed by atoms with Gasteiger partial charge in [0.2, 0.25) is 5.91 Å². The molecule has 3 aliphatic heterocycles. The summed E-state index contributed by atoms with van der Waals surface area (Å²) in [5, 5.41) is 16.5. The second kappa shape index (κ2) is 11.0. The van der Waals surface area contributed by atoms with Crippen molar-refractivity contribution in [3.8, 4) is 0 Å². The van der Waals surface area contributed by atoms with E-state index < -0.39 is 20.0 Å². The average molecular weight is 572 g/mol. The number of hydrogen-bond donors (Lipinski definition) is 4. The Labute approximate surface area is 235 Å². The van der Waals surface area contributed by atoms with Gasteiger partial charge in [-0.1, -0.05) is 30.7 Å². The third-order valence-corrected chi connectivity index (χ3v) is 11.3. The second-order valence-electron chi connectivity index (χ2n) is 11.7. The Hall–Kier alpha value is -2.27. The maximum absolute atomic E-state index is 14.3. The van der Waals surface area contributed by atoms with E-state index in [2.05, 4.69) is 10.6 Å². The highest BCUT2D eigenvalue weighted by atomic mass is 35.5. The molecule has 210 valence electrons. The number of piperidine rings is 1. The minimum absolute atomic E-state index is 0.0205. The molecule has 1 unspecified atom stereocenters. The number of aliphatic hydroxyl groups is 1. The number of fused-ring (bicyclic) bond motifs is 2. The highest BCUT2D eigenvalue weighted by molar-refractivity contribution is 6.71. The number of halogens is 1. The lowest BCUT2D eigenvalue weighted by Gasteiger charge is -2.32. The van der Waals surface area contributed by atoms with Gasteiger partial charge in [-0.25, -0.2) is 0 Å². The third-order valence-electron chi connectivity index (χ3n) is 8.59. The second-order valence-corrected chi connectivity index (χ2v) is 16.1. The molecule has 1 spiro atoms. The molecule has 10 heteroatoms. The van der Waals surface area contributed by atoms with Gasteiger partial charge in [-0.05, 0) is 74.8 Å². The zero-order chi connectivity index (χ0) is 27.9. The molecule has 4 N–H and O–H groups in total. The monoisotopic (exact) mass is 571 g/mol. The SMILES string of the molecule is C[C@@H]1[C@@H]([Si](C)(C)O)[C@H](CCO)O[C@@]12C(=O)N(Cc1ccc(NC(=O)C3CCCNC3)cc1)c1ccc(Cl)cc12. The fourth-order valence-electron chi connectivity index (χ4n) is 6.80. The van der Waals surface area contributed by atoms with Gasteiger partial charge in [0.15, 0.2) is 13.9 Å². The van der Waals surface area contributed by atoms with Gasteiger partial charge < -0.3 is 30.2 Å². The van der Waals surface area contributed by atoms with E-state index in [1.165, 1.54) is 0 Å². The first-order valence-electron chi connectivity index (χ1n) is 13.8. The van der Waals surface area contributed by atoms with Crippen molar-refractivity contribution in [3.63, 3.8) is 0 Å². The lowest BCUT2D eigenvalue weighted by atomic mass is 9.82. The highest BCUT2D eigenvalue weighted by Gasteiger charge is 2.66. The molecule has 2 aromatic rings. The number of nitrogens with one attached hydrogen (secondary N) is 2. The maximum Gasteiger partial charge on any atom is 0.264 e. The van der Waals surface area contributed by atoms with E-state index in [0.717, 1.165) is 36.3 Å². The predicted molar refractivity (Wildman–Crippen MR) is 154 cm³/mol. The van der Waals surface area contributed by atoms with Crippen molar-refractivity contribution >= 4 is 43.1 Å². The topological polar surface area (TPSA) is 111 Å². The first-order valence-corrected chi connectivity index (χ1v) is 17.2. The first-order chi connectivity index (χ1) is 18.6. The van der Waals surface area contributed by atoms with Crippen molar-refractivity contribution in [2.75, 3.05) is 29.9 Å². The van der Waals surface area contributed by atoms with Crippen LogP contribution in [0.25, 0.3) is 0 Å². The summed E-state index contributed by atoms with van der Waals surface area (Å²) in [6, 6.07) is 13.0. The molecule has 2 fully saturated rings. The summed E-state index contributed by atoms with van der Waals surface area (Å²) in [5.41, 5.74) is 1.57. The molecule has 0 aliphatic carbocycles. The highest BCUT2D eigenvalue weighted by Crippen LogP contribution is 2.60. The van der Waals surface area contributed by atoms with Crippen molar-refractivity contribution < 1.29 is 24.2 Å². The van der Waals surface area contributed by atoms with Crippen molar-refractivity contribution in [1.82, 2.24) is 5.32 Å². The van der Waals surface area contributed by atoms with Crippen LogP contribution in [0.1, 0.15) is 37.3 Å². The van der Waals surface area contributed by atoms with Crippen LogP contribution in [-0.2, 0) is 26.5 Å². The molecule has 39 heavy (non-hydrogen) atoms. The number of aliphatic hydroxyl groups excluding tert-OH is 1. The molecule has 3 aliphatic rings. The Kier molecular flexibility index (Phi) is 7.94. The fourth-order valence-corrected chi connectivity index (χ4v) is 9.57. The van der Waals surface area contributed by atoms with Gasteiger partial charge in [-0.2, -0.15) is 0 Å². The molecule has 3 heterocycles. The summed E-state index contributed by atoms with van der Waals surface area (Å²) in [7, 11) is -2.75. The van der Waals surface area contributed by atoms with Gasteiger partial charge in [0.1, 0.15) is 0 Å². The van der Waals surface area contributed by atoms with Gasteiger partial charge in [0, 0.05) is 40.9 Å². The van der Waals surface area contributed by atoms with Crippen LogP contribution >= 0.6 is 11.6 Å². The largest absolute Gasteiger partial charge is 0.432 e. The number of carbonyl (C=O) groups excluding carboxylic acids is 2. The molecule has 0 aromatic heterocycles. The predicted octanol–water partition coefficient (Wildman–Crippen LogP) is 4.01. The summed E-state index contributed by atoms with van der Waals surface area (Å²) in [6.07, 6.45) is 1.79. The van der Waals surface area contributed by atoms with Crippen LogP contribution in [0.3, 0.4) is 0 Å². The Morgan fingerprint density at radius 3 is 2.64 bits per heavy atom. The minimum Gasteiger partial charge on any atom is -0.432 e. The molecular weight excluding hydrogens is 534 g/mol. The van der Waals surface area contributed by atoms with Crippen molar-refractivity contribution in [1.29, 1.82) is 0 Å². The first kappa shape index (κ1) is 28.3. The number of carbonyl (C=O) groups is 2. The third kappa shape index (κ3) is 5.16. The zero-order valence-corrected chi connectivity index (χ0v) is 24.5. The number of nitrogens with zero attached hydrogens (tertiary/aromatic N) is 1. The quantitative estimate of drug-likeness (QED) is 0.374. The normalized spacial score (nSPS) is 28.7. The fraction of sp³-hybridized carbons (Fsp3) is 0.517. The van der Waals surface area contributed by atoms with E-state index in [1.807, 2.05) is 50.3 Å². The molecule has 2 amide bonds. The minimum atomic E-state index is -2.75. The molecule has 0 bridgehead atoms. The molecule has 0 saturated carbocycles. The number of anilines is 2. The number of benzene rings is 2. The molecule has 5 atom stereocenters. The van der Waals surface area contributed by atoms with E-state index in [-0.39, 0.29) is 35.8 Å². The van der Waals surface area contributed by atoms with Crippen molar-refractivity contribution in [2.24, 2.45) is 11.8 Å². The van der Waals surface area contributed by atoms with Crippen LogP contribution in [0.4, 0.5) is 11.4 Å². The van der Waals surface area contributed by atoms with E-state index in [4.69, 9.17) is 16.3 Å². The van der Waals surface area contributed by atoms with E-state index in [1.54, 1.807) is 17.0 Å². The number of amides is 2.